The summed E-state index contributed by atoms with van der Waals surface area (Å²) in [6.45, 7) is 9.67. The number of amides is 1. The van der Waals surface area contributed by atoms with Crippen LogP contribution in [0.5, 0.6) is 6.01 Å². The van der Waals surface area contributed by atoms with E-state index in [1.54, 1.807) is 6.07 Å². The average Bonchev–Trinajstić information content (AvgIpc) is 3.29. The molecule has 4 unspecified atom stereocenters. The van der Waals surface area contributed by atoms with Crippen LogP contribution in [0.2, 0.25) is 5.02 Å². The minimum Gasteiger partial charge on any atom is -0.463 e. The number of carbonyl (C=O) groups is 1. The zero-order valence-electron chi connectivity index (χ0n) is 23.2. The number of morpholine rings is 1. The van der Waals surface area contributed by atoms with Crippen LogP contribution >= 0.6 is 27.5 Å². The lowest BCUT2D eigenvalue weighted by molar-refractivity contribution is -0.0161. The van der Waals surface area contributed by atoms with Gasteiger partial charge < -0.3 is 19.1 Å². The minimum absolute atomic E-state index is 0.0253. The van der Waals surface area contributed by atoms with Crippen LogP contribution in [0.3, 0.4) is 0 Å². The van der Waals surface area contributed by atoms with Gasteiger partial charge in [0.2, 0.25) is 0 Å². The highest BCUT2D eigenvalue weighted by molar-refractivity contribution is 9.10. The highest BCUT2D eigenvalue weighted by atomic mass is 79.9. The molecule has 4 aliphatic rings. The van der Waals surface area contributed by atoms with Crippen LogP contribution in [0.25, 0.3) is 10.9 Å². The Hall–Kier alpha value is -1.95. The number of anilines is 1. The van der Waals surface area contributed by atoms with Crippen molar-refractivity contribution in [3.8, 4) is 6.01 Å². The Morgan fingerprint density at radius 3 is 2.42 bits per heavy atom. The Labute approximate surface area is 247 Å². The molecule has 6 rings (SSSR count). The molecule has 1 aromatic heterocycles. The van der Waals surface area contributed by atoms with E-state index in [1.807, 2.05) is 25.7 Å². The number of hydrogen-bond acceptors (Lipinski definition) is 8. The Bertz CT molecular complexity index is 1270. The smallest absolute Gasteiger partial charge is 0.410 e. The molecule has 1 amide bonds. The summed E-state index contributed by atoms with van der Waals surface area (Å²) in [6.07, 6.45) is 4.64. The number of benzene rings is 1. The summed E-state index contributed by atoms with van der Waals surface area (Å²) in [5.41, 5.74) is -0.407. The summed E-state index contributed by atoms with van der Waals surface area (Å²) in [6, 6.07) is 2.77. The highest BCUT2D eigenvalue weighted by Gasteiger charge is 2.45. The van der Waals surface area contributed by atoms with Gasteiger partial charge >= 0.3 is 12.1 Å². The lowest BCUT2D eigenvalue weighted by Crippen LogP contribution is -2.57. The van der Waals surface area contributed by atoms with Crippen molar-refractivity contribution in [2.45, 2.75) is 82.6 Å². The fourth-order valence-electron chi connectivity index (χ4n) is 6.62. The number of fused-ring (bicyclic) bond motifs is 5. The Morgan fingerprint density at radius 1 is 1.12 bits per heavy atom. The highest BCUT2D eigenvalue weighted by Crippen LogP contribution is 2.39. The van der Waals surface area contributed by atoms with Gasteiger partial charge in [0.05, 0.1) is 41.4 Å². The molecule has 0 spiro atoms. The SMILES string of the molecule is CC(C)(C)OC(=O)N1C2CCC1CN(c1nc(OCCCN3C4CCC3COC4)nc3c(F)c(Br)c(Cl)cc13)C2. The first kappa shape index (κ1) is 28.2. The average molecular weight is 641 g/mol. The first-order chi connectivity index (χ1) is 19.1. The van der Waals surface area contributed by atoms with Gasteiger partial charge in [0.1, 0.15) is 16.9 Å². The van der Waals surface area contributed by atoms with Crippen molar-refractivity contribution in [1.82, 2.24) is 19.8 Å². The Balaban J connectivity index is 1.22. The maximum absolute atomic E-state index is 15.4. The molecule has 0 N–H and O–H groups in total. The van der Waals surface area contributed by atoms with Crippen LogP contribution in [0.1, 0.15) is 52.9 Å². The molecule has 9 nitrogen and oxygen atoms in total. The van der Waals surface area contributed by atoms with E-state index in [0.717, 1.165) is 39.0 Å². The fraction of sp³-hybridized carbons (Fsp3) is 0.679. The normalized spacial score (nSPS) is 26.6. The second-order valence-corrected chi connectivity index (χ2v) is 13.5. The van der Waals surface area contributed by atoms with Crippen LogP contribution < -0.4 is 9.64 Å². The molecule has 2 aromatic rings. The fourth-order valence-corrected chi connectivity index (χ4v) is 7.11. The minimum atomic E-state index is -0.564. The Kier molecular flexibility index (Phi) is 7.78. The molecule has 0 saturated carbocycles. The quantitative estimate of drug-likeness (QED) is 0.307. The third kappa shape index (κ3) is 5.46. The Morgan fingerprint density at radius 2 is 1.77 bits per heavy atom. The van der Waals surface area contributed by atoms with Crippen LogP contribution in [0.4, 0.5) is 15.0 Å². The molecule has 4 aliphatic heterocycles. The maximum atomic E-state index is 15.4. The number of nitrogens with zero attached hydrogens (tertiary/aromatic N) is 5. The van der Waals surface area contributed by atoms with E-state index >= 15 is 4.39 Å². The first-order valence-corrected chi connectivity index (χ1v) is 15.3. The van der Waals surface area contributed by atoms with Crippen LogP contribution in [0, 0.1) is 5.82 Å². The van der Waals surface area contributed by atoms with Gasteiger partial charge in [-0.25, -0.2) is 9.18 Å². The summed E-state index contributed by atoms with van der Waals surface area (Å²) in [4.78, 5) is 28.7. The monoisotopic (exact) mass is 639 g/mol. The van der Waals surface area contributed by atoms with Gasteiger partial charge in [-0.2, -0.15) is 9.97 Å². The van der Waals surface area contributed by atoms with Gasteiger partial charge in [-0.3, -0.25) is 9.80 Å². The molecule has 1 aromatic carbocycles. The number of hydrogen-bond donors (Lipinski definition) is 0. The van der Waals surface area contributed by atoms with Gasteiger partial charge in [-0.1, -0.05) is 11.6 Å². The van der Waals surface area contributed by atoms with Gasteiger partial charge in [0, 0.05) is 37.1 Å². The zero-order chi connectivity index (χ0) is 28.2. The van der Waals surface area contributed by atoms with Gasteiger partial charge in [-0.15, -0.1) is 0 Å². The van der Waals surface area contributed by atoms with Crippen LogP contribution in [-0.4, -0.2) is 95.1 Å². The molecular formula is C28H36BrClFN5O4. The summed E-state index contributed by atoms with van der Waals surface area (Å²) < 4.78 is 33.0. The third-order valence-corrected chi connectivity index (χ3v) is 9.66. The van der Waals surface area contributed by atoms with Crippen molar-refractivity contribution >= 4 is 50.3 Å². The summed E-state index contributed by atoms with van der Waals surface area (Å²) >= 11 is 9.62. The zero-order valence-corrected chi connectivity index (χ0v) is 25.5. The maximum Gasteiger partial charge on any atom is 0.410 e. The number of piperazine rings is 1. The topological polar surface area (TPSA) is 80.3 Å². The molecule has 4 atom stereocenters. The number of aromatic nitrogens is 2. The number of carbonyl (C=O) groups excluding carboxylic acids is 1. The van der Waals surface area contributed by atoms with E-state index in [9.17, 15) is 4.79 Å². The summed E-state index contributed by atoms with van der Waals surface area (Å²) in [7, 11) is 0. The van der Waals surface area contributed by atoms with Crippen LogP contribution in [0.15, 0.2) is 10.5 Å². The predicted molar refractivity (Wildman–Crippen MR) is 154 cm³/mol. The molecule has 0 radical (unpaired) electrons. The second kappa shape index (κ2) is 11.0. The third-order valence-electron chi connectivity index (χ3n) is 8.36. The lowest BCUT2D eigenvalue weighted by atomic mass is 10.1. The van der Waals surface area contributed by atoms with Crippen molar-refractivity contribution in [3.63, 3.8) is 0 Å². The molecule has 5 heterocycles. The van der Waals surface area contributed by atoms with Gasteiger partial charge in [0.25, 0.3) is 0 Å². The number of halogens is 3. The lowest BCUT2D eigenvalue weighted by Gasteiger charge is -2.42. The largest absolute Gasteiger partial charge is 0.463 e. The van der Waals surface area contributed by atoms with Gasteiger partial charge in [-0.05, 0) is 74.9 Å². The first-order valence-electron chi connectivity index (χ1n) is 14.2. The molecule has 4 saturated heterocycles. The van der Waals surface area contributed by atoms with E-state index in [-0.39, 0.29) is 39.2 Å². The second-order valence-electron chi connectivity index (χ2n) is 12.3. The summed E-state index contributed by atoms with van der Waals surface area (Å²) in [5, 5.41) is 0.770. The van der Waals surface area contributed by atoms with E-state index in [1.165, 1.54) is 12.8 Å². The molecule has 218 valence electrons. The van der Waals surface area contributed by atoms with E-state index < -0.39 is 11.4 Å². The predicted octanol–water partition coefficient (Wildman–Crippen LogP) is 5.41. The van der Waals surface area contributed by atoms with Gasteiger partial charge in [0.15, 0.2) is 5.82 Å². The summed E-state index contributed by atoms with van der Waals surface area (Å²) in [5.74, 6) is 0.0246. The molecular weight excluding hydrogens is 605 g/mol. The van der Waals surface area contributed by atoms with Crippen molar-refractivity contribution < 1.29 is 23.4 Å². The van der Waals surface area contributed by atoms with Crippen molar-refractivity contribution in [1.29, 1.82) is 0 Å². The van der Waals surface area contributed by atoms with Crippen molar-refractivity contribution in [2.24, 2.45) is 0 Å². The van der Waals surface area contributed by atoms with Crippen molar-refractivity contribution in [2.75, 3.05) is 44.4 Å². The van der Waals surface area contributed by atoms with Crippen LogP contribution in [-0.2, 0) is 9.47 Å². The standard InChI is InChI=1S/C28H36BrClFN5O4/c1-28(2,3)40-27(37)36-16-5-6-17(36)13-34(12-16)25-20-11-21(30)22(29)23(31)24(20)32-26(33-25)39-10-4-9-35-18-7-8-19(35)15-38-14-18/h11,16-19H,4-10,12-15H2,1-3H3. The molecule has 4 bridgehead atoms. The molecule has 12 heteroatoms. The molecule has 0 aliphatic carbocycles. The van der Waals surface area contributed by atoms with E-state index in [0.29, 0.717) is 43.0 Å². The van der Waals surface area contributed by atoms with E-state index in [2.05, 4.69) is 30.7 Å². The number of ether oxygens (including phenoxy) is 3. The van der Waals surface area contributed by atoms with E-state index in [4.69, 9.17) is 30.8 Å². The number of rotatable bonds is 6. The molecule has 40 heavy (non-hydrogen) atoms. The van der Waals surface area contributed by atoms with Crippen molar-refractivity contribution in [3.05, 3.63) is 21.4 Å². The molecule has 4 fully saturated rings.